The minimum Gasteiger partial charge on any atom is -0.366 e. The molecule has 1 aromatic heterocycles. The molecule has 3 rings (SSSR count). The molecular formula is C17H20N4O. The molecule has 1 amide bonds. The second-order valence-electron chi connectivity index (χ2n) is 5.95. The number of nitrogens with one attached hydrogen (secondary N) is 2. The fraction of sp³-hybridized carbons (Fsp3) is 0.353. The first-order valence-electron chi connectivity index (χ1n) is 7.52. The van der Waals surface area contributed by atoms with Gasteiger partial charge in [0, 0.05) is 11.7 Å². The van der Waals surface area contributed by atoms with E-state index < -0.39 is 0 Å². The van der Waals surface area contributed by atoms with Crippen molar-refractivity contribution in [3.05, 3.63) is 46.6 Å². The van der Waals surface area contributed by atoms with Crippen molar-refractivity contribution in [3.8, 4) is 0 Å². The molecule has 1 aliphatic carbocycles. The molecule has 1 saturated carbocycles. The number of aryl methyl sites for hydroxylation is 3. The van der Waals surface area contributed by atoms with Gasteiger partial charge in [0.25, 0.3) is 5.91 Å². The van der Waals surface area contributed by atoms with Crippen LogP contribution in [0.1, 0.15) is 40.0 Å². The van der Waals surface area contributed by atoms with E-state index in [0.29, 0.717) is 11.7 Å². The number of rotatable bonds is 4. The molecule has 1 fully saturated rings. The maximum atomic E-state index is 12.3. The third-order valence-corrected chi connectivity index (χ3v) is 3.74. The predicted molar refractivity (Wildman–Crippen MR) is 87.3 cm³/mol. The molecule has 2 aromatic rings. The fourth-order valence-corrected chi connectivity index (χ4v) is 2.52. The molecule has 0 unspecified atom stereocenters. The summed E-state index contributed by atoms with van der Waals surface area (Å²) in [5.74, 6) is 0.488. The first-order valence-corrected chi connectivity index (χ1v) is 7.52. The highest BCUT2D eigenvalue weighted by Gasteiger charge is 2.21. The van der Waals surface area contributed by atoms with Gasteiger partial charge in [-0.25, -0.2) is 0 Å². The molecule has 22 heavy (non-hydrogen) atoms. The summed E-state index contributed by atoms with van der Waals surface area (Å²) in [6.45, 7) is 6.02. The Morgan fingerprint density at radius 1 is 1.09 bits per heavy atom. The van der Waals surface area contributed by atoms with Gasteiger partial charge in [-0.1, -0.05) is 17.7 Å². The van der Waals surface area contributed by atoms with Gasteiger partial charge in [0.05, 0.1) is 0 Å². The smallest absolute Gasteiger partial charge is 0.276 e. The van der Waals surface area contributed by atoms with Gasteiger partial charge in [-0.2, -0.15) is 0 Å². The summed E-state index contributed by atoms with van der Waals surface area (Å²) in [6.07, 6.45) is 2.35. The maximum absolute atomic E-state index is 12.3. The Kier molecular flexibility index (Phi) is 3.79. The topological polar surface area (TPSA) is 66.9 Å². The molecule has 0 bridgehead atoms. The number of amides is 1. The van der Waals surface area contributed by atoms with Crippen molar-refractivity contribution in [2.75, 3.05) is 10.6 Å². The zero-order chi connectivity index (χ0) is 15.7. The third-order valence-electron chi connectivity index (χ3n) is 3.74. The predicted octanol–water partition coefficient (Wildman–Crippen LogP) is 3.23. The lowest BCUT2D eigenvalue weighted by molar-refractivity contribution is 0.102. The van der Waals surface area contributed by atoms with Crippen LogP contribution in [-0.4, -0.2) is 22.1 Å². The Labute approximate surface area is 130 Å². The zero-order valence-corrected chi connectivity index (χ0v) is 13.1. The van der Waals surface area contributed by atoms with E-state index in [-0.39, 0.29) is 5.91 Å². The van der Waals surface area contributed by atoms with Gasteiger partial charge in [0.15, 0.2) is 5.69 Å². The van der Waals surface area contributed by atoms with E-state index in [2.05, 4.69) is 33.0 Å². The molecule has 5 heteroatoms. The second kappa shape index (κ2) is 5.75. The van der Waals surface area contributed by atoms with Gasteiger partial charge in [-0.3, -0.25) is 4.79 Å². The van der Waals surface area contributed by atoms with Crippen molar-refractivity contribution in [2.24, 2.45) is 0 Å². The van der Waals surface area contributed by atoms with Crippen LogP contribution in [0.3, 0.4) is 0 Å². The number of hydrogen-bond acceptors (Lipinski definition) is 4. The molecule has 114 valence electrons. The lowest BCUT2D eigenvalue weighted by Gasteiger charge is -2.12. The average molecular weight is 296 g/mol. The molecule has 5 nitrogen and oxygen atoms in total. The highest BCUT2D eigenvalue weighted by atomic mass is 16.1. The third kappa shape index (κ3) is 3.24. The number of carbonyl (C=O) groups excluding carboxylic acids is 1. The Hall–Kier alpha value is -2.43. The quantitative estimate of drug-likeness (QED) is 0.909. The summed E-state index contributed by atoms with van der Waals surface area (Å²) < 4.78 is 0. The van der Waals surface area contributed by atoms with Crippen LogP contribution >= 0.6 is 0 Å². The lowest BCUT2D eigenvalue weighted by Crippen LogP contribution is -2.16. The minimum atomic E-state index is -0.236. The first kappa shape index (κ1) is 14.5. The van der Waals surface area contributed by atoms with Crippen LogP contribution in [0.15, 0.2) is 24.3 Å². The van der Waals surface area contributed by atoms with Crippen molar-refractivity contribution in [3.63, 3.8) is 0 Å². The van der Waals surface area contributed by atoms with E-state index in [9.17, 15) is 4.79 Å². The lowest BCUT2D eigenvalue weighted by atomic mass is 10.1. The molecule has 0 saturated heterocycles. The van der Waals surface area contributed by atoms with Crippen LogP contribution in [0.25, 0.3) is 0 Å². The van der Waals surface area contributed by atoms with Crippen LogP contribution < -0.4 is 10.6 Å². The number of anilines is 2. The number of nitrogens with zero attached hydrogens (tertiary/aromatic N) is 2. The van der Waals surface area contributed by atoms with Gasteiger partial charge in [-0.15, -0.1) is 10.2 Å². The Bertz CT molecular complexity index is 682. The maximum Gasteiger partial charge on any atom is 0.276 e. The normalized spacial score (nSPS) is 13.8. The van der Waals surface area contributed by atoms with E-state index in [1.807, 2.05) is 20.8 Å². The Balaban J connectivity index is 1.73. The molecule has 1 aliphatic rings. The summed E-state index contributed by atoms with van der Waals surface area (Å²) >= 11 is 0. The zero-order valence-electron chi connectivity index (χ0n) is 13.1. The molecule has 0 spiro atoms. The standard InChI is InChI=1S/C17H20N4O/c1-10-8-11(2)16(12(3)9-10)19-17(22)14-6-7-15(21-20-14)18-13-4-5-13/h6-9,13H,4-5H2,1-3H3,(H,18,21)(H,19,22). The number of benzene rings is 1. The van der Waals surface area contributed by atoms with Gasteiger partial charge >= 0.3 is 0 Å². The fourth-order valence-electron chi connectivity index (χ4n) is 2.52. The van der Waals surface area contributed by atoms with E-state index >= 15 is 0 Å². The number of hydrogen-bond donors (Lipinski definition) is 2. The van der Waals surface area contributed by atoms with E-state index in [1.165, 1.54) is 18.4 Å². The van der Waals surface area contributed by atoms with Crippen molar-refractivity contribution in [1.82, 2.24) is 10.2 Å². The highest BCUT2D eigenvalue weighted by Crippen LogP contribution is 2.24. The van der Waals surface area contributed by atoms with Gasteiger partial charge < -0.3 is 10.6 Å². The van der Waals surface area contributed by atoms with Crippen LogP contribution in [0.2, 0.25) is 0 Å². The van der Waals surface area contributed by atoms with E-state index in [0.717, 1.165) is 22.6 Å². The van der Waals surface area contributed by atoms with Gasteiger partial charge in [-0.05, 0) is 56.9 Å². The molecule has 1 aromatic carbocycles. The minimum absolute atomic E-state index is 0.236. The largest absolute Gasteiger partial charge is 0.366 e. The summed E-state index contributed by atoms with van der Waals surface area (Å²) in [4.78, 5) is 12.3. The molecular weight excluding hydrogens is 276 g/mol. The summed E-state index contributed by atoms with van der Waals surface area (Å²) in [5, 5.41) is 14.3. The first-order chi connectivity index (χ1) is 10.5. The van der Waals surface area contributed by atoms with Crippen LogP contribution in [-0.2, 0) is 0 Å². The van der Waals surface area contributed by atoms with Crippen LogP contribution in [0, 0.1) is 20.8 Å². The number of carbonyl (C=O) groups is 1. The van der Waals surface area contributed by atoms with Crippen molar-refractivity contribution in [1.29, 1.82) is 0 Å². The van der Waals surface area contributed by atoms with Crippen molar-refractivity contribution in [2.45, 2.75) is 39.7 Å². The monoisotopic (exact) mass is 296 g/mol. The van der Waals surface area contributed by atoms with Crippen molar-refractivity contribution >= 4 is 17.4 Å². The summed E-state index contributed by atoms with van der Waals surface area (Å²) in [7, 11) is 0. The second-order valence-corrected chi connectivity index (χ2v) is 5.95. The molecule has 1 heterocycles. The summed E-state index contributed by atoms with van der Waals surface area (Å²) in [5.41, 5.74) is 4.44. The van der Waals surface area contributed by atoms with Crippen LogP contribution in [0.4, 0.5) is 11.5 Å². The molecule has 0 atom stereocenters. The Morgan fingerprint density at radius 2 is 1.77 bits per heavy atom. The highest BCUT2D eigenvalue weighted by molar-refractivity contribution is 6.03. The van der Waals surface area contributed by atoms with Crippen molar-refractivity contribution < 1.29 is 4.79 Å². The number of aromatic nitrogens is 2. The van der Waals surface area contributed by atoms with Crippen LogP contribution in [0.5, 0.6) is 0 Å². The van der Waals surface area contributed by atoms with Gasteiger partial charge in [0.2, 0.25) is 0 Å². The average Bonchev–Trinajstić information content (AvgIpc) is 3.27. The Morgan fingerprint density at radius 3 is 2.32 bits per heavy atom. The van der Waals surface area contributed by atoms with E-state index in [1.54, 1.807) is 12.1 Å². The summed E-state index contributed by atoms with van der Waals surface area (Å²) in [6, 6.07) is 8.13. The van der Waals surface area contributed by atoms with Gasteiger partial charge in [0.1, 0.15) is 5.82 Å². The SMILES string of the molecule is Cc1cc(C)c(NC(=O)c2ccc(NC3CC3)nn2)c(C)c1. The van der Waals surface area contributed by atoms with E-state index in [4.69, 9.17) is 0 Å². The molecule has 2 N–H and O–H groups in total. The molecule has 0 aliphatic heterocycles. The molecule has 0 radical (unpaired) electrons.